The molecule has 1 aliphatic carbocycles. The van der Waals surface area contributed by atoms with E-state index < -0.39 is 16.8 Å². The second-order valence-corrected chi connectivity index (χ2v) is 7.63. The Balaban J connectivity index is 2.02. The predicted octanol–water partition coefficient (Wildman–Crippen LogP) is 3.12. The zero-order valence-corrected chi connectivity index (χ0v) is 14.7. The molecule has 5 nitrogen and oxygen atoms in total. The number of aromatic nitrogens is 1. The Morgan fingerprint density at radius 1 is 1.25 bits per heavy atom. The molecule has 1 unspecified atom stereocenters. The van der Waals surface area contributed by atoms with Crippen LogP contribution in [0.1, 0.15) is 24.0 Å². The monoisotopic (exact) mass is 349 g/mol. The standard InChI is InChI=1S/C17H20FN3O2S/c1-10-4-7-14(13(18)8-10)19-16-11(2)17(22)21(3)9-15(16)20-24(23)12-5-6-12/h4,7-9,12,19-20H,5-6H2,1-3H3. The molecular weight excluding hydrogens is 329 g/mol. The van der Waals surface area contributed by atoms with Crippen molar-refractivity contribution in [2.24, 2.45) is 7.05 Å². The van der Waals surface area contributed by atoms with Gasteiger partial charge in [0, 0.05) is 18.8 Å². The minimum absolute atomic E-state index is 0.145. The number of nitrogens with one attached hydrogen (secondary N) is 2. The van der Waals surface area contributed by atoms with Crippen LogP contribution in [0.5, 0.6) is 0 Å². The summed E-state index contributed by atoms with van der Waals surface area (Å²) in [6, 6.07) is 4.84. The summed E-state index contributed by atoms with van der Waals surface area (Å²) in [4.78, 5) is 12.2. The predicted molar refractivity (Wildman–Crippen MR) is 95.6 cm³/mol. The van der Waals surface area contributed by atoms with E-state index in [1.165, 1.54) is 10.6 Å². The Morgan fingerprint density at radius 3 is 2.58 bits per heavy atom. The Kier molecular flexibility index (Phi) is 4.45. The normalized spacial score (nSPS) is 15.2. The number of benzene rings is 1. The first-order valence-electron chi connectivity index (χ1n) is 7.77. The van der Waals surface area contributed by atoms with Crippen molar-refractivity contribution in [2.75, 3.05) is 10.0 Å². The van der Waals surface area contributed by atoms with E-state index in [1.54, 1.807) is 32.3 Å². The van der Waals surface area contributed by atoms with E-state index in [0.717, 1.165) is 18.4 Å². The molecule has 0 spiro atoms. The van der Waals surface area contributed by atoms with E-state index in [-0.39, 0.29) is 16.5 Å². The first-order valence-corrected chi connectivity index (χ1v) is 8.98. The number of halogens is 1. The highest BCUT2D eigenvalue weighted by Crippen LogP contribution is 2.32. The van der Waals surface area contributed by atoms with Crippen molar-refractivity contribution in [3.8, 4) is 0 Å². The van der Waals surface area contributed by atoms with Crippen molar-refractivity contribution in [1.82, 2.24) is 4.57 Å². The molecule has 0 radical (unpaired) electrons. The topological polar surface area (TPSA) is 63.1 Å². The third-order valence-corrected chi connectivity index (χ3v) is 5.53. The number of pyridine rings is 1. The molecule has 2 aromatic rings. The Labute approximate surface area is 142 Å². The maximum atomic E-state index is 14.2. The Morgan fingerprint density at radius 2 is 1.96 bits per heavy atom. The molecule has 1 atom stereocenters. The molecule has 128 valence electrons. The van der Waals surface area contributed by atoms with Crippen LogP contribution in [0.3, 0.4) is 0 Å². The van der Waals surface area contributed by atoms with Crippen molar-refractivity contribution in [3.63, 3.8) is 0 Å². The lowest BCUT2D eigenvalue weighted by Crippen LogP contribution is -2.22. The fourth-order valence-corrected chi connectivity index (χ4v) is 3.56. The molecule has 3 rings (SSSR count). The number of hydrogen-bond donors (Lipinski definition) is 2. The molecule has 2 N–H and O–H groups in total. The van der Waals surface area contributed by atoms with E-state index in [9.17, 15) is 13.4 Å². The summed E-state index contributed by atoms with van der Waals surface area (Å²) in [5.74, 6) is -0.399. The molecule has 24 heavy (non-hydrogen) atoms. The van der Waals surface area contributed by atoms with Crippen LogP contribution in [0.15, 0.2) is 29.2 Å². The lowest BCUT2D eigenvalue weighted by Gasteiger charge is -2.17. The first kappa shape index (κ1) is 16.7. The van der Waals surface area contributed by atoms with Crippen molar-refractivity contribution < 1.29 is 8.60 Å². The van der Waals surface area contributed by atoms with Gasteiger partial charge in [-0.25, -0.2) is 8.60 Å². The molecular formula is C17H20FN3O2S. The van der Waals surface area contributed by atoms with E-state index >= 15 is 0 Å². The van der Waals surface area contributed by atoms with Crippen LogP contribution in [0.2, 0.25) is 0 Å². The summed E-state index contributed by atoms with van der Waals surface area (Å²) >= 11 is 0. The zero-order valence-electron chi connectivity index (χ0n) is 13.9. The summed E-state index contributed by atoms with van der Waals surface area (Å²) in [7, 11) is 0.425. The minimum Gasteiger partial charge on any atom is -0.351 e. The molecule has 1 aromatic carbocycles. The largest absolute Gasteiger partial charge is 0.351 e. The highest BCUT2D eigenvalue weighted by atomic mass is 32.2. The average Bonchev–Trinajstić information content (AvgIpc) is 3.35. The molecule has 0 amide bonds. The van der Waals surface area contributed by atoms with Crippen LogP contribution in [-0.4, -0.2) is 14.0 Å². The summed E-state index contributed by atoms with van der Waals surface area (Å²) in [6.45, 7) is 3.48. The highest BCUT2D eigenvalue weighted by Gasteiger charge is 2.29. The van der Waals surface area contributed by atoms with E-state index in [0.29, 0.717) is 16.9 Å². The van der Waals surface area contributed by atoms with E-state index in [1.807, 2.05) is 6.92 Å². The molecule has 1 aliphatic rings. The van der Waals surface area contributed by atoms with Gasteiger partial charge < -0.3 is 14.6 Å². The van der Waals surface area contributed by atoms with Crippen molar-refractivity contribution in [2.45, 2.75) is 31.9 Å². The molecule has 7 heteroatoms. The molecule has 0 saturated heterocycles. The van der Waals surface area contributed by atoms with E-state index in [4.69, 9.17) is 0 Å². The Bertz CT molecular complexity index is 875. The van der Waals surface area contributed by atoms with Crippen LogP contribution >= 0.6 is 0 Å². The zero-order chi connectivity index (χ0) is 17.4. The van der Waals surface area contributed by atoms with Gasteiger partial charge in [0.25, 0.3) is 5.56 Å². The fraction of sp³-hybridized carbons (Fsp3) is 0.353. The van der Waals surface area contributed by atoms with Crippen LogP contribution in [0.4, 0.5) is 21.5 Å². The molecule has 1 fully saturated rings. The molecule has 1 aromatic heterocycles. The van der Waals surface area contributed by atoms with Gasteiger partial charge in [-0.15, -0.1) is 0 Å². The maximum absolute atomic E-state index is 14.2. The van der Waals surface area contributed by atoms with Crippen LogP contribution in [-0.2, 0) is 18.0 Å². The molecule has 0 aliphatic heterocycles. The summed E-state index contributed by atoms with van der Waals surface area (Å²) < 4.78 is 30.8. The number of anilines is 3. The van der Waals surface area contributed by atoms with Gasteiger partial charge >= 0.3 is 0 Å². The van der Waals surface area contributed by atoms with Gasteiger partial charge in [0.2, 0.25) is 0 Å². The van der Waals surface area contributed by atoms with Crippen LogP contribution < -0.4 is 15.6 Å². The second-order valence-electron chi connectivity index (χ2n) is 6.17. The van der Waals surface area contributed by atoms with Gasteiger partial charge in [-0.05, 0) is 44.4 Å². The second kappa shape index (κ2) is 6.39. The number of aryl methyl sites for hydroxylation is 2. The number of hydrogen-bond acceptors (Lipinski definition) is 3. The molecule has 0 bridgehead atoms. The summed E-state index contributed by atoms with van der Waals surface area (Å²) in [5.41, 5.74) is 2.32. The fourth-order valence-electron chi connectivity index (χ4n) is 2.46. The third-order valence-electron chi connectivity index (χ3n) is 4.03. The van der Waals surface area contributed by atoms with E-state index in [2.05, 4.69) is 10.0 Å². The van der Waals surface area contributed by atoms with Gasteiger partial charge in [0.1, 0.15) is 16.8 Å². The summed E-state index contributed by atoms with van der Waals surface area (Å²) in [5, 5.41) is 3.13. The van der Waals surface area contributed by atoms with Crippen LogP contribution in [0.25, 0.3) is 0 Å². The van der Waals surface area contributed by atoms with Crippen molar-refractivity contribution in [3.05, 3.63) is 51.7 Å². The lowest BCUT2D eigenvalue weighted by atomic mass is 10.2. The van der Waals surface area contributed by atoms with Crippen molar-refractivity contribution >= 4 is 28.0 Å². The van der Waals surface area contributed by atoms with Gasteiger partial charge in [-0.3, -0.25) is 4.79 Å². The SMILES string of the molecule is Cc1ccc(Nc2c(NS(=O)C3CC3)cn(C)c(=O)c2C)c(F)c1. The number of nitrogens with zero attached hydrogens (tertiary/aromatic N) is 1. The quantitative estimate of drug-likeness (QED) is 0.872. The van der Waals surface area contributed by atoms with Crippen LogP contribution in [0, 0.1) is 19.7 Å². The molecule has 1 saturated carbocycles. The van der Waals surface area contributed by atoms with Gasteiger partial charge in [-0.2, -0.15) is 0 Å². The van der Waals surface area contributed by atoms with Gasteiger partial charge in [0.05, 0.1) is 22.3 Å². The average molecular weight is 349 g/mol. The van der Waals surface area contributed by atoms with Gasteiger partial charge in [0.15, 0.2) is 0 Å². The maximum Gasteiger partial charge on any atom is 0.255 e. The minimum atomic E-state index is -1.21. The first-order chi connectivity index (χ1) is 11.4. The lowest BCUT2D eigenvalue weighted by molar-refractivity contribution is 0.630. The highest BCUT2D eigenvalue weighted by molar-refractivity contribution is 7.87. The third kappa shape index (κ3) is 3.36. The Hall–Kier alpha value is -2.15. The summed E-state index contributed by atoms with van der Waals surface area (Å²) in [6.07, 6.45) is 3.45. The smallest absolute Gasteiger partial charge is 0.255 e. The number of rotatable bonds is 5. The van der Waals surface area contributed by atoms with Gasteiger partial charge in [-0.1, -0.05) is 6.07 Å². The van der Waals surface area contributed by atoms with Crippen molar-refractivity contribution in [1.29, 1.82) is 0 Å². The molecule has 1 heterocycles.